The van der Waals surface area contributed by atoms with Gasteiger partial charge in [0.25, 0.3) is 0 Å². The number of carbonyl (C=O) groups is 2. The molecule has 6 aromatic rings. The third kappa shape index (κ3) is 10.9. The van der Waals surface area contributed by atoms with Gasteiger partial charge >= 0.3 is 11.9 Å². The number of hydrogen-bond acceptors (Lipinski definition) is 8. The normalized spacial score (nSPS) is 12.7. The molecule has 0 aliphatic carbocycles. The zero-order valence-electron chi connectivity index (χ0n) is 36.9. The number of nitrogens with one attached hydrogen (secondary N) is 2. The van der Waals surface area contributed by atoms with Crippen molar-refractivity contribution in [3.63, 3.8) is 0 Å². The van der Waals surface area contributed by atoms with Gasteiger partial charge in [-0.15, -0.1) is 0 Å². The number of carbonyl (C=O) groups excluding carboxylic acids is 2. The van der Waals surface area contributed by atoms with Crippen LogP contribution >= 0.6 is 0 Å². The van der Waals surface area contributed by atoms with Gasteiger partial charge in [-0.25, -0.2) is 9.59 Å². The Bertz CT molecular complexity index is 2050. The van der Waals surface area contributed by atoms with Crippen LogP contribution in [0, 0.1) is 27.7 Å². The van der Waals surface area contributed by atoms with Crippen molar-refractivity contribution in [1.82, 2.24) is 10.6 Å². The fourth-order valence-corrected chi connectivity index (χ4v) is 8.68. The molecule has 0 aromatic heterocycles. The van der Waals surface area contributed by atoms with Gasteiger partial charge in [0.05, 0.1) is 25.3 Å². The smallest absolute Gasteiger partial charge is 0.417 e. The third-order valence-electron chi connectivity index (χ3n) is 11.1. The fourth-order valence-electron chi connectivity index (χ4n) is 8.68. The topological polar surface area (TPSA) is 95.1 Å². The lowest BCUT2D eigenvalue weighted by atomic mass is 9.79. The first-order valence-electron chi connectivity index (χ1n) is 21.5. The summed E-state index contributed by atoms with van der Waals surface area (Å²) >= 11 is 0. The summed E-state index contributed by atoms with van der Waals surface area (Å²) in [6.07, 6.45) is 0. The Labute approximate surface area is 367 Å². The van der Waals surface area contributed by atoms with Gasteiger partial charge in [-0.05, 0) is 74.2 Å². The van der Waals surface area contributed by atoms with Gasteiger partial charge in [0.15, 0.2) is 0 Å². The van der Waals surface area contributed by atoms with Crippen molar-refractivity contribution >= 4 is 11.9 Å². The van der Waals surface area contributed by atoms with Gasteiger partial charge in [0, 0.05) is 0 Å². The highest BCUT2D eigenvalue weighted by Gasteiger charge is 2.46. The molecule has 0 amide bonds. The van der Waals surface area contributed by atoms with Crippen molar-refractivity contribution in [2.24, 2.45) is 0 Å². The standard InChI is InChI=1S/C54H60N2O6/c1-7-55-49(53(45-21-13-9-14-22-45,46-23-15-10-16-24-46)61-35-43-31-39(3)29-40(4)32-43)37-59-51(57)52(58)60-38-50(56-8-2)54(47-25-17-11-18-26-47,48-27-19-12-20-28-48)62-36-44-33-41(5)30-42(6)34-44/h9-34,49-50,55-56H,7-8,35-38H2,1-6H3. The molecule has 0 saturated carbocycles. The number of aryl methyl sites for hydroxylation is 4. The monoisotopic (exact) mass is 832 g/mol. The second kappa shape index (κ2) is 21.8. The van der Waals surface area contributed by atoms with Crippen LogP contribution in [-0.2, 0) is 53.0 Å². The summed E-state index contributed by atoms with van der Waals surface area (Å²) in [6.45, 7) is 13.5. The molecule has 0 saturated heterocycles. The molecular weight excluding hydrogens is 773 g/mol. The molecule has 2 unspecified atom stereocenters. The van der Waals surface area contributed by atoms with Crippen LogP contribution in [0.2, 0.25) is 0 Å². The molecule has 62 heavy (non-hydrogen) atoms. The average molecular weight is 833 g/mol. The average Bonchev–Trinajstić information content (AvgIpc) is 3.28. The maximum absolute atomic E-state index is 13.8. The lowest BCUT2D eigenvalue weighted by molar-refractivity contribution is -0.171. The van der Waals surface area contributed by atoms with E-state index in [0.717, 1.165) is 55.6 Å². The second-order valence-corrected chi connectivity index (χ2v) is 15.9. The van der Waals surface area contributed by atoms with E-state index in [2.05, 4.69) is 74.7 Å². The second-order valence-electron chi connectivity index (χ2n) is 15.9. The number of likely N-dealkylation sites (N-methyl/N-ethyl adjacent to an activating group) is 2. The molecule has 0 radical (unpaired) electrons. The molecule has 6 aromatic carbocycles. The number of ether oxygens (including phenoxy) is 4. The number of benzene rings is 6. The Kier molecular flexibility index (Phi) is 16.0. The molecule has 0 aliphatic heterocycles. The quantitative estimate of drug-likeness (QED) is 0.0581. The van der Waals surface area contributed by atoms with Gasteiger partial charge in [0.1, 0.15) is 24.4 Å². The van der Waals surface area contributed by atoms with Gasteiger partial charge in [0.2, 0.25) is 0 Å². The first-order valence-corrected chi connectivity index (χ1v) is 21.5. The molecule has 0 aliphatic rings. The molecule has 0 fully saturated rings. The molecule has 0 bridgehead atoms. The van der Waals surface area contributed by atoms with E-state index in [1.54, 1.807) is 0 Å². The number of hydrogen-bond donors (Lipinski definition) is 2. The van der Waals surface area contributed by atoms with Crippen LogP contribution in [0.25, 0.3) is 0 Å². The van der Waals surface area contributed by atoms with E-state index in [4.69, 9.17) is 18.9 Å². The van der Waals surface area contributed by atoms with E-state index in [-0.39, 0.29) is 26.4 Å². The van der Waals surface area contributed by atoms with Gasteiger partial charge in [-0.3, -0.25) is 0 Å². The summed E-state index contributed by atoms with van der Waals surface area (Å²) in [4.78, 5) is 27.6. The Morgan fingerprint density at radius 1 is 0.452 bits per heavy atom. The minimum atomic E-state index is -1.13. The lowest BCUT2D eigenvalue weighted by Gasteiger charge is -2.42. The van der Waals surface area contributed by atoms with Crippen LogP contribution in [0.4, 0.5) is 0 Å². The molecule has 322 valence electrons. The molecule has 0 heterocycles. The highest BCUT2D eigenvalue weighted by atomic mass is 16.6. The van der Waals surface area contributed by atoms with Crippen molar-refractivity contribution < 1.29 is 28.5 Å². The predicted molar refractivity (Wildman–Crippen MR) is 246 cm³/mol. The summed E-state index contributed by atoms with van der Waals surface area (Å²) < 4.78 is 26.1. The molecule has 2 N–H and O–H groups in total. The highest BCUT2D eigenvalue weighted by molar-refractivity contribution is 6.29. The van der Waals surface area contributed by atoms with E-state index in [1.807, 2.05) is 135 Å². The van der Waals surface area contributed by atoms with E-state index < -0.39 is 35.2 Å². The van der Waals surface area contributed by atoms with Crippen molar-refractivity contribution in [2.75, 3.05) is 26.3 Å². The lowest BCUT2D eigenvalue weighted by Crippen LogP contribution is -2.54. The van der Waals surface area contributed by atoms with Crippen LogP contribution in [0.1, 0.15) is 69.5 Å². The van der Waals surface area contributed by atoms with Crippen molar-refractivity contribution in [2.45, 2.75) is 78.0 Å². The summed E-state index contributed by atoms with van der Waals surface area (Å²) in [6, 6.07) is 51.2. The van der Waals surface area contributed by atoms with E-state index >= 15 is 0 Å². The zero-order chi connectivity index (χ0) is 44.0. The molecule has 8 heteroatoms. The minimum Gasteiger partial charge on any atom is -0.455 e. The van der Waals surface area contributed by atoms with Crippen LogP contribution < -0.4 is 10.6 Å². The third-order valence-corrected chi connectivity index (χ3v) is 11.1. The Morgan fingerprint density at radius 3 is 0.984 bits per heavy atom. The summed E-state index contributed by atoms with van der Waals surface area (Å²) in [5.41, 5.74) is 7.80. The SMILES string of the molecule is CCNC(COC(=O)C(=O)OCC(NCC)C(OCc1cc(C)cc(C)c1)(c1ccccc1)c1ccccc1)C(OCc1cc(C)cc(C)c1)(c1ccccc1)c1ccccc1. The minimum absolute atomic E-state index is 0.188. The van der Waals surface area contributed by atoms with E-state index in [1.165, 1.54) is 0 Å². The van der Waals surface area contributed by atoms with Crippen LogP contribution in [0.15, 0.2) is 158 Å². The number of esters is 2. The van der Waals surface area contributed by atoms with E-state index in [9.17, 15) is 9.59 Å². The van der Waals surface area contributed by atoms with Crippen LogP contribution in [0.5, 0.6) is 0 Å². The highest BCUT2D eigenvalue weighted by Crippen LogP contribution is 2.40. The maximum Gasteiger partial charge on any atom is 0.417 e. The molecule has 6 rings (SSSR count). The zero-order valence-corrected chi connectivity index (χ0v) is 36.9. The molecule has 2 atom stereocenters. The van der Waals surface area contributed by atoms with Crippen molar-refractivity contribution in [1.29, 1.82) is 0 Å². The van der Waals surface area contributed by atoms with Crippen molar-refractivity contribution in [3.8, 4) is 0 Å². The van der Waals surface area contributed by atoms with Crippen LogP contribution in [0.3, 0.4) is 0 Å². The summed E-state index contributed by atoms with van der Waals surface area (Å²) in [7, 11) is 0. The number of rotatable bonds is 20. The summed E-state index contributed by atoms with van der Waals surface area (Å²) in [5, 5.41) is 7.10. The molecular formula is C54H60N2O6. The molecule has 0 spiro atoms. The first-order chi connectivity index (χ1) is 30.1. The maximum atomic E-state index is 13.8. The van der Waals surface area contributed by atoms with Gasteiger partial charge in [-0.1, -0.05) is 194 Å². The summed E-state index contributed by atoms with van der Waals surface area (Å²) in [5.74, 6) is -2.21. The fraction of sp³-hybridized carbons (Fsp3) is 0.296. The van der Waals surface area contributed by atoms with Crippen molar-refractivity contribution in [3.05, 3.63) is 213 Å². The predicted octanol–water partition coefficient (Wildman–Crippen LogP) is 9.58. The Balaban J connectivity index is 1.29. The van der Waals surface area contributed by atoms with Gasteiger partial charge in [-0.2, -0.15) is 0 Å². The Hall–Kier alpha value is -5.90. The molecule has 8 nitrogen and oxygen atoms in total. The first kappa shape index (κ1) is 45.6. The van der Waals surface area contributed by atoms with E-state index in [0.29, 0.717) is 13.1 Å². The van der Waals surface area contributed by atoms with Crippen LogP contribution in [-0.4, -0.2) is 50.3 Å². The largest absolute Gasteiger partial charge is 0.455 e. The van der Waals surface area contributed by atoms with Gasteiger partial charge < -0.3 is 29.6 Å². The Morgan fingerprint density at radius 2 is 0.726 bits per heavy atom.